The van der Waals surface area contributed by atoms with Gasteiger partial charge in [-0.3, -0.25) is 4.79 Å². The first-order valence-electron chi connectivity index (χ1n) is 5.17. The van der Waals surface area contributed by atoms with Gasteiger partial charge >= 0.3 is 0 Å². The minimum Gasteiger partial charge on any atom is -0.366 e. The van der Waals surface area contributed by atoms with Crippen LogP contribution in [-0.2, 0) is 0 Å². The van der Waals surface area contributed by atoms with Gasteiger partial charge in [0.15, 0.2) is 0 Å². The van der Waals surface area contributed by atoms with E-state index in [1.807, 2.05) is 13.0 Å². The number of carbonyl (C=O) groups is 1. The van der Waals surface area contributed by atoms with Crippen LogP contribution in [0, 0.1) is 0 Å². The molecule has 0 aliphatic rings. The molecule has 0 spiro atoms. The lowest BCUT2D eigenvalue weighted by Crippen LogP contribution is -2.12. The first kappa shape index (κ1) is 10.6. The summed E-state index contributed by atoms with van der Waals surface area (Å²) in [6.45, 7) is 1.98. The fraction of sp³-hybridized carbons (Fsp3) is 0.273. The number of para-hydroxylation sites is 1. The van der Waals surface area contributed by atoms with Gasteiger partial charge in [0.1, 0.15) is 11.3 Å². The molecule has 0 bridgehead atoms. The Morgan fingerprint density at radius 3 is 2.94 bits per heavy atom. The van der Waals surface area contributed by atoms with Crippen molar-refractivity contribution in [3.05, 3.63) is 29.6 Å². The number of nitrogens with zero attached hydrogens (tertiary/aromatic N) is 1. The number of hydrogen-bond acceptors (Lipinski definition) is 3. The molecule has 1 atom stereocenters. The maximum absolute atomic E-state index is 11.2. The summed E-state index contributed by atoms with van der Waals surface area (Å²) in [6.07, 6.45) is 0.783. The highest BCUT2D eigenvalue weighted by Crippen LogP contribution is 2.19. The van der Waals surface area contributed by atoms with Crippen LogP contribution in [0.5, 0.6) is 0 Å². The molecule has 1 heterocycles. The number of fused-ring (bicyclic) bond motifs is 1. The molecule has 0 aliphatic carbocycles. The van der Waals surface area contributed by atoms with Crippen LogP contribution in [0.2, 0.25) is 0 Å². The number of hydrogen-bond donors (Lipinski definition) is 3. The third-order valence-electron chi connectivity index (χ3n) is 2.59. The molecular weight excluding hydrogens is 204 g/mol. The lowest BCUT2D eigenvalue weighted by molar-refractivity contribution is 0.100. The summed E-state index contributed by atoms with van der Waals surface area (Å²) in [5.74, 6) is 0.208. The fourth-order valence-corrected chi connectivity index (χ4v) is 1.62. The van der Waals surface area contributed by atoms with Crippen LogP contribution in [0.15, 0.2) is 18.2 Å². The molecule has 1 unspecified atom stereocenters. The second kappa shape index (κ2) is 3.94. The van der Waals surface area contributed by atoms with Crippen molar-refractivity contribution in [2.75, 3.05) is 0 Å². The smallest absolute Gasteiger partial charge is 0.250 e. The van der Waals surface area contributed by atoms with Gasteiger partial charge in [0.2, 0.25) is 0 Å². The summed E-state index contributed by atoms with van der Waals surface area (Å²) < 4.78 is 0. The van der Waals surface area contributed by atoms with Crippen molar-refractivity contribution in [2.24, 2.45) is 11.5 Å². The Labute approximate surface area is 92.8 Å². The van der Waals surface area contributed by atoms with Crippen molar-refractivity contribution in [3.63, 3.8) is 0 Å². The lowest BCUT2D eigenvalue weighted by atomic mass is 10.2. The van der Waals surface area contributed by atoms with Gasteiger partial charge in [-0.2, -0.15) is 0 Å². The standard InChI is InChI=1S/C11H14N4O/c1-2-7(12)11-14-8-5-3-4-6(10(13)16)9(8)15-11/h3-5,7H,2,12H2,1H3,(H2,13,16)(H,14,15). The van der Waals surface area contributed by atoms with Crippen molar-refractivity contribution in [1.82, 2.24) is 9.97 Å². The Balaban J connectivity index is 2.61. The maximum Gasteiger partial charge on any atom is 0.250 e. The summed E-state index contributed by atoms with van der Waals surface area (Å²) in [5.41, 5.74) is 12.9. The maximum atomic E-state index is 11.2. The summed E-state index contributed by atoms with van der Waals surface area (Å²) in [5, 5.41) is 0. The number of nitrogens with one attached hydrogen (secondary N) is 1. The van der Waals surface area contributed by atoms with Gasteiger partial charge in [0.25, 0.3) is 5.91 Å². The van der Waals surface area contributed by atoms with E-state index in [1.165, 1.54) is 0 Å². The molecule has 0 fully saturated rings. The zero-order chi connectivity index (χ0) is 11.7. The second-order valence-electron chi connectivity index (χ2n) is 3.70. The van der Waals surface area contributed by atoms with Crippen LogP contribution in [0.25, 0.3) is 11.0 Å². The van der Waals surface area contributed by atoms with Crippen molar-refractivity contribution in [3.8, 4) is 0 Å². The highest BCUT2D eigenvalue weighted by atomic mass is 16.1. The minimum atomic E-state index is -0.478. The number of nitrogens with two attached hydrogens (primary N) is 2. The van der Waals surface area contributed by atoms with Gasteiger partial charge in [-0.1, -0.05) is 13.0 Å². The molecule has 0 saturated carbocycles. The molecule has 1 aromatic carbocycles. The lowest BCUT2D eigenvalue weighted by Gasteiger charge is -2.02. The van der Waals surface area contributed by atoms with Crippen molar-refractivity contribution < 1.29 is 4.79 Å². The molecular formula is C11H14N4O. The average molecular weight is 218 g/mol. The first-order chi connectivity index (χ1) is 7.63. The zero-order valence-electron chi connectivity index (χ0n) is 9.03. The van der Waals surface area contributed by atoms with E-state index in [9.17, 15) is 4.79 Å². The molecule has 2 aromatic rings. The largest absolute Gasteiger partial charge is 0.366 e. The monoisotopic (exact) mass is 218 g/mol. The predicted octanol–water partition coefficient (Wildman–Crippen LogP) is 1.07. The average Bonchev–Trinajstić information content (AvgIpc) is 2.70. The number of imidazole rings is 1. The number of aromatic nitrogens is 2. The Bertz CT molecular complexity index is 532. The molecule has 0 radical (unpaired) electrons. The predicted molar refractivity (Wildman–Crippen MR) is 61.8 cm³/mol. The third-order valence-corrected chi connectivity index (χ3v) is 2.59. The van der Waals surface area contributed by atoms with Crippen molar-refractivity contribution >= 4 is 16.9 Å². The van der Waals surface area contributed by atoms with Crippen LogP contribution in [0.4, 0.5) is 0 Å². The fourth-order valence-electron chi connectivity index (χ4n) is 1.62. The Morgan fingerprint density at radius 2 is 2.31 bits per heavy atom. The molecule has 5 N–H and O–H groups in total. The minimum absolute atomic E-state index is 0.145. The van der Waals surface area contributed by atoms with Gasteiger partial charge in [-0.25, -0.2) is 4.98 Å². The Kier molecular flexibility index (Phi) is 2.62. The van der Waals surface area contributed by atoms with Gasteiger partial charge in [0, 0.05) is 0 Å². The molecule has 0 saturated heterocycles. The van der Waals surface area contributed by atoms with E-state index in [0.717, 1.165) is 11.9 Å². The molecule has 16 heavy (non-hydrogen) atoms. The van der Waals surface area contributed by atoms with Crippen LogP contribution < -0.4 is 11.5 Å². The second-order valence-corrected chi connectivity index (χ2v) is 3.70. The van der Waals surface area contributed by atoms with E-state index in [4.69, 9.17) is 11.5 Å². The summed E-state index contributed by atoms with van der Waals surface area (Å²) in [4.78, 5) is 18.6. The topological polar surface area (TPSA) is 97.8 Å². The summed E-state index contributed by atoms with van der Waals surface area (Å²) >= 11 is 0. The number of carbonyl (C=O) groups excluding carboxylic acids is 1. The SMILES string of the molecule is CCC(N)c1nc2c(C(N)=O)cccc2[nH]1. The normalized spacial score (nSPS) is 12.9. The highest BCUT2D eigenvalue weighted by molar-refractivity contribution is 6.04. The molecule has 5 nitrogen and oxygen atoms in total. The first-order valence-corrected chi connectivity index (χ1v) is 5.17. The molecule has 2 rings (SSSR count). The van der Waals surface area contributed by atoms with Gasteiger partial charge in [-0.15, -0.1) is 0 Å². The molecule has 5 heteroatoms. The van der Waals surface area contributed by atoms with E-state index in [0.29, 0.717) is 16.9 Å². The van der Waals surface area contributed by atoms with Crippen LogP contribution >= 0.6 is 0 Å². The van der Waals surface area contributed by atoms with Crippen molar-refractivity contribution in [2.45, 2.75) is 19.4 Å². The van der Waals surface area contributed by atoms with E-state index < -0.39 is 5.91 Å². The molecule has 1 aromatic heterocycles. The number of aromatic amines is 1. The molecule has 1 amide bonds. The molecule has 0 aliphatic heterocycles. The van der Waals surface area contributed by atoms with E-state index in [2.05, 4.69) is 9.97 Å². The number of primary amides is 1. The van der Waals surface area contributed by atoms with Gasteiger partial charge < -0.3 is 16.5 Å². The van der Waals surface area contributed by atoms with Gasteiger partial charge in [-0.05, 0) is 18.6 Å². The summed E-state index contributed by atoms with van der Waals surface area (Å²) in [6, 6.07) is 5.13. The Hall–Kier alpha value is -1.88. The number of H-pyrrole nitrogens is 1. The number of amides is 1. The van der Waals surface area contributed by atoms with Crippen molar-refractivity contribution in [1.29, 1.82) is 0 Å². The van der Waals surface area contributed by atoms with Crippen LogP contribution in [0.1, 0.15) is 35.6 Å². The van der Waals surface area contributed by atoms with E-state index in [-0.39, 0.29) is 6.04 Å². The van der Waals surface area contributed by atoms with Crippen LogP contribution in [0.3, 0.4) is 0 Å². The zero-order valence-corrected chi connectivity index (χ0v) is 9.03. The quantitative estimate of drug-likeness (QED) is 0.718. The third kappa shape index (κ3) is 1.65. The summed E-state index contributed by atoms with van der Waals surface area (Å²) in [7, 11) is 0. The van der Waals surface area contributed by atoms with Gasteiger partial charge in [0.05, 0.1) is 17.1 Å². The Morgan fingerprint density at radius 1 is 1.56 bits per heavy atom. The van der Waals surface area contributed by atoms with E-state index >= 15 is 0 Å². The highest BCUT2D eigenvalue weighted by Gasteiger charge is 2.13. The molecule has 84 valence electrons. The van der Waals surface area contributed by atoms with Crippen LogP contribution in [-0.4, -0.2) is 15.9 Å². The number of rotatable bonds is 3. The van der Waals surface area contributed by atoms with E-state index in [1.54, 1.807) is 12.1 Å². The number of benzene rings is 1.